The van der Waals surface area contributed by atoms with Crippen molar-refractivity contribution in [3.05, 3.63) is 70.9 Å². The zero-order valence-electron chi connectivity index (χ0n) is 16.4. The molecule has 1 aliphatic rings. The van der Waals surface area contributed by atoms with Gasteiger partial charge in [0.1, 0.15) is 5.82 Å². The van der Waals surface area contributed by atoms with Crippen LogP contribution in [-0.4, -0.2) is 42.1 Å². The van der Waals surface area contributed by atoms with Gasteiger partial charge in [-0.2, -0.15) is 11.3 Å². The highest BCUT2D eigenvalue weighted by molar-refractivity contribution is 7.08. The molecule has 3 heterocycles. The molecule has 0 atom stereocenters. The molecular weight excluding hydrogens is 394 g/mol. The molecule has 30 heavy (non-hydrogen) atoms. The van der Waals surface area contributed by atoms with E-state index in [-0.39, 0.29) is 0 Å². The first kappa shape index (κ1) is 18.6. The van der Waals surface area contributed by atoms with Crippen molar-refractivity contribution in [2.45, 2.75) is 0 Å². The molecule has 0 bridgehead atoms. The quantitative estimate of drug-likeness (QED) is 0.549. The molecule has 0 aliphatic carbocycles. The monoisotopic (exact) mass is 415 g/mol. The lowest BCUT2D eigenvalue weighted by Crippen LogP contribution is -2.47. The Bertz CT molecular complexity index is 1180. The number of fused-ring (bicyclic) bond motifs is 1. The average molecular weight is 416 g/mol. The Morgan fingerprint density at radius 3 is 2.33 bits per heavy atom. The lowest BCUT2D eigenvalue weighted by Gasteiger charge is -2.37. The summed E-state index contributed by atoms with van der Waals surface area (Å²) < 4.78 is 0. The molecule has 6 nitrogen and oxygen atoms in total. The lowest BCUT2D eigenvalue weighted by atomic mass is 10.1. The fourth-order valence-electron chi connectivity index (χ4n) is 3.83. The number of rotatable bonds is 4. The number of hydrogen-bond donors (Lipinski definition) is 1. The van der Waals surface area contributed by atoms with Crippen LogP contribution in [0, 0.1) is 0 Å². The zero-order valence-corrected chi connectivity index (χ0v) is 17.2. The van der Waals surface area contributed by atoms with Crippen LogP contribution in [0.15, 0.2) is 65.4 Å². The summed E-state index contributed by atoms with van der Waals surface area (Å²) in [6.45, 7) is 3.48. The van der Waals surface area contributed by atoms with Crippen LogP contribution in [0.3, 0.4) is 0 Å². The second-order valence-electron chi connectivity index (χ2n) is 7.29. The Labute approximate surface area is 178 Å². The third kappa shape index (κ3) is 3.48. The molecule has 0 radical (unpaired) electrons. The maximum absolute atomic E-state index is 11.3. The third-order valence-electron chi connectivity index (χ3n) is 5.46. The number of carbonyl (C=O) groups is 1. The number of benzene rings is 2. The molecule has 0 spiro atoms. The predicted octanol–water partition coefficient (Wildman–Crippen LogP) is 3.78. The molecule has 2 aromatic carbocycles. The van der Waals surface area contributed by atoms with E-state index < -0.39 is 5.91 Å². The smallest absolute Gasteiger partial charge is 0.248 e. The van der Waals surface area contributed by atoms with Gasteiger partial charge in [0.2, 0.25) is 5.91 Å². The van der Waals surface area contributed by atoms with Crippen molar-refractivity contribution in [3.8, 4) is 11.4 Å². The maximum Gasteiger partial charge on any atom is 0.248 e. The highest BCUT2D eigenvalue weighted by atomic mass is 32.1. The molecule has 0 saturated carbocycles. The van der Waals surface area contributed by atoms with Crippen molar-refractivity contribution in [2.75, 3.05) is 36.0 Å². The summed E-state index contributed by atoms with van der Waals surface area (Å²) >= 11 is 1.65. The largest absolute Gasteiger partial charge is 0.368 e. The molecule has 150 valence electrons. The number of hydrogen-bond acceptors (Lipinski definition) is 6. The highest BCUT2D eigenvalue weighted by Gasteiger charge is 2.21. The number of para-hydroxylation sites is 1. The van der Waals surface area contributed by atoms with E-state index in [1.165, 1.54) is 0 Å². The normalized spacial score (nSPS) is 14.3. The van der Waals surface area contributed by atoms with Crippen LogP contribution in [-0.2, 0) is 0 Å². The van der Waals surface area contributed by atoms with E-state index in [9.17, 15) is 4.79 Å². The summed E-state index contributed by atoms with van der Waals surface area (Å²) in [5.41, 5.74) is 9.00. The van der Waals surface area contributed by atoms with Crippen LogP contribution in [0.1, 0.15) is 10.4 Å². The number of carbonyl (C=O) groups excluding carboxylic acids is 1. The van der Waals surface area contributed by atoms with Crippen molar-refractivity contribution in [2.24, 2.45) is 5.73 Å². The number of aromatic nitrogens is 2. The van der Waals surface area contributed by atoms with Gasteiger partial charge in [-0.25, -0.2) is 9.97 Å². The van der Waals surface area contributed by atoms with Crippen molar-refractivity contribution in [3.63, 3.8) is 0 Å². The number of nitrogens with two attached hydrogens (primary N) is 1. The fraction of sp³-hybridized carbons (Fsp3) is 0.174. The third-order valence-corrected chi connectivity index (χ3v) is 6.14. The summed E-state index contributed by atoms with van der Waals surface area (Å²) in [6, 6.07) is 17.8. The van der Waals surface area contributed by atoms with Gasteiger partial charge in [0.15, 0.2) is 5.82 Å². The van der Waals surface area contributed by atoms with Gasteiger partial charge < -0.3 is 15.5 Å². The number of piperazine rings is 1. The molecule has 0 unspecified atom stereocenters. The maximum atomic E-state index is 11.3. The Morgan fingerprint density at radius 1 is 0.900 bits per heavy atom. The van der Waals surface area contributed by atoms with E-state index in [2.05, 4.69) is 32.7 Å². The lowest BCUT2D eigenvalue weighted by molar-refractivity contribution is 0.100. The van der Waals surface area contributed by atoms with Crippen LogP contribution < -0.4 is 15.5 Å². The second-order valence-corrected chi connectivity index (χ2v) is 8.07. The van der Waals surface area contributed by atoms with E-state index >= 15 is 0 Å². The average Bonchev–Trinajstić information content (AvgIpc) is 3.34. The van der Waals surface area contributed by atoms with E-state index in [0.29, 0.717) is 5.56 Å². The summed E-state index contributed by atoms with van der Waals surface area (Å²) in [7, 11) is 0. The van der Waals surface area contributed by atoms with Crippen LogP contribution in [0.25, 0.3) is 22.3 Å². The van der Waals surface area contributed by atoms with Crippen molar-refractivity contribution in [1.82, 2.24) is 9.97 Å². The predicted molar refractivity (Wildman–Crippen MR) is 122 cm³/mol. The van der Waals surface area contributed by atoms with Crippen LogP contribution in [0.2, 0.25) is 0 Å². The van der Waals surface area contributed by atoms with Gasteiger partial charge in [0.05, 0.1) is 5.52 Å². The topological polar surface area (TPSA) is 75.4 Å². The molecular formula is C23H21N5OS. The summed E-state index contributed by atoms with van der Waals surface area (Å²) in [5.74, 6) is 1.36. The Balaban J connectivity index is 1.41. The van der Waals surface area contributed by atoms with E-state index in [0.717, 1.165) is 60.0 Å². The minimum atomic E-state index is -0.400. The summed E-state index contributed by atoms with van der Waals surface area (Å²) in [4.78, 5) is 25.7. The number of primary amides is 1. The standard InChI is InChI=1S/C23H21N5OS/c24-21(29)16-5-7-18(8-6-16)27-10-12-28(13-11-27)23-19-3-1-2-4-20(19)25-22(26-23)17-9-14-30-15-17/h1-9,14-15H,10-13H2,(H2,24,29). The highest BCUT2D eigenvalue weighted by Crippen LogP contribution is 2.29. The number of anilines is 2. The molecule has 5 rings (SSSR count). The summed E-state index contributed by atoms with van der Waals surface area (Å²) in [6.07, 6.45) is 0. The SMILES string of the molecule is NC(=O)c1ccc(N2CCN(c3nc(-c4ccsc4)nc4ccccc34)CC2)cc1. The minimum absolute atomic E-state index is 0.400. The first-order valence-electron chi connectivity index (χ1n) is 9.88. The molecule has 7 heteroatoms. The van der Waals surface area contributed by atoms with Crippen molar-refractivity contribution < 1.29 is 4.79 Å². The van der Waals surface area contributed by atoms with Gasteiger partial charge in [-0.3, -0.25) is 4.79 Å². The van der Waals surface area contributed by atoms with Gasteiger partial charge in [-0.05, 0) is 47.8 Å². The number of thiophene rings is 1. The fourth-order valence-corrected chi connectivity index (χ4v) is 4.47. The molecule has 1 saturated heterocycles. The molecule has 2 N–H and O–H groups in total. The molecule has 1 amide bonds. The van der Waals surface area contributed by atoms with Crippen molar-refractivity contribution in [1.29, 1.82) is 0 Å². The van der Waals surface area contributed by atoms with Crippen LogP contribution >= 0.6 is 11.3 Å². The van der Waals surface area contributed by atoms with E-state index in [1.54, 1.807) is 23.5 Å². The molecule has 2 aromatic heterocycles. The number of nitrogens with zero attached hydrogens (tertiary/aromatic N) is 4. The molecule has 1 fully saturated rings. The Hall–Kier alpha value is -3.45. The molecule has 4 aromatic rings. The molecule has 1 aliphatic heterocycles. The Morgan fingerprint density at radius 2 is 1.63 bits per heavy atom. The second kappa shape index (κ2) is 7.76. The van der Waals surface area contributed by atoms with Gasteiger partial charge in [0, 0.05) is 53.8 Å². The first-order valence-corrected chi connectivity index (χ1v) is 10.8. The van der Waals surface area contributed by atoms with E-state index in [1.807, 2.05) is 30.3 Å². The minimum Gasteiger partial charge on any atom is -0.368 e. The zero-order chi connectivity index (χ0) is 20.5. The van der Waals surface area contributed by atoms with Gasteiger partial charge >= 0.3 is 0 Å². The Kier molecular flexibility index (Phi) is 4.80. The first-order chi connectivity index (χ1) is 14.7. The van der Waals surface area contributed by atoms with E-state index in [4.69, 9.17) is 15.7 Å². The summed E-state index contributed by atoms with van der Waals surface area (Å²) in [5, 5.41) is 5.22. The van der Waals surface area contributed by atoms with Crippen LogP contribution in [0.4, 0.5) is 11.5 Å². The van der Waals surface area contributed by atoms with Crippen LogP contribution in [0.5, 0.6) is 0 Å². The number of amides is 1. The van der Waals surface area contributed by atoms with Gasteiger partial charge in [0.25, 0.3) is 0 Å². The van der Waals surface area contributed by atoms with Gasteiger partial charge in [-0.15, -0.1) is 0 Å². The van der Waals surface area contributed by atoms with Gasteiger partial charge in [-0.1, -0.05) is 12.1 Å². The van der Waals surface area contributed by atoms with Crippen molar-refractivity contribution >= 4 is 39.7 Å².